The zero-order chi connectivity index (χ0) is 10.1. The van der Waals surface area contributed by atoms with Crippen molar-refractivity contribution >= 4 is 11.9 Å². The van der Waals surface area contributed by atoms with Gasteiger partial charge in [0.15, 0.2) is 0 Å². The van der Waals surface area contributed by atoms with Gasteiger partial charge < -0.3 is 4.74 Å². The summed E-state index contributed by atoms with van der Waals surface area (Å²) in [7, 11) is 0. The maximum atomic E-state index is 11.3. The van der Waals surface area contributed by atoms with Gasteiger partial charge >= 0.3 is 11.9 Å². The van der Waals surface area contributed by atoms with Gasteiger partial charge in [-0.05, 0) is 13.3 Å². The molecular weight excluding hydrogens is 168 g/mol. The summed E-state index contributed by atoms with van der Waals surface area (Å²) in [5.41, 5.74) is -0.757. The monoisotopic (exact) mass is 182 g/mol. The fraction of sp³-hybridized carbons (Fsp3) is 0.600. The van der Waals surface area contributed by atoms with E-state index in [-0.39, 0.29) is 5.92 Å². The first-order chi connectivity index (χ1) is 6.02. The highest BCUT2D eigenvalue weighted by Crippen LogP contribution is 2.37. The van der Waals surface area contributed by atoms with Gasteiger partial charge in [0.2, 0.25) is 0 Å². The van der Waals surface area contributed by atoms with E-state index in [1.165, 1.54) is 0 Å². The molecule has 0 aromatic rings. The van der Waals surface area contributed by atoms with Crippen molar-refractivity contribution in [2.45, 2.75) is 27.2 Å². The first kappa shape index (κ1) is 9.96. The van der Waals surface area contributed by atoms with Crippen LogP contribution in [-0.4, -0.2) is 11.9 Å². The van der Waals surface area contributed by atoms with E-state index in [4.69, 9.17) is 0 Å². The minimum Gasteiger partial charge on any atom is -0.392 e. The van der Waals surface area contributed by atoms with Gasteiger partial charge in [0, 0.05) is 0 Å². The molecule has 1 fully saturated rings. The number of carbonyl (C=O) groups excluding carboxylic acids is 2. The van der Waals surface area contributed by atoms with E-state index in [1.807, 2.05) is 13.0 Å². The second kappa shape index (κ2) is 3.32. The maximum Gasteiger partial charge on any atom is 0.324 e. The third-order valence-electron chi connectivity index (χ3n) is 2.59. The largest absolute Gasteiger partial charge is 0.392 e. The van der Waals surface area contributed by atoms with E-state index in [1.54, 1.807) is 19.9 Å². The summed E-state index contributed by atoms with van der Waals surface area (Å²) >= 11 is 0. The van der Waals surface area contributed by atoms with Gasteiger partial charge in [-0.25, -0.2) is 0 Å². The van der Waals surface area contributed by atoms with Crippen molar-refractivity contribution in [3.05, 3.63) is 12.2 Å². The minimum atomic E-state index is -0.757. The van der Waals surface area contributed by atoms with E-state index in [2.05, 4.69) is 4.74 Å². The molecule has 13 heavy (non-hydrogen) atoms. The van der Waals surface area contributed by atoms with Gasteiger partial charge in [0.1, 0.15) is 0 Å². The average Bonchev–Trinajstić information content (AvgIpc) is 2.28. The van der Waals surface area contributed by atoms with Crippen LogP contribution in [0.3, 0.4) is 0 Å². The Morgan fingerprint density at radius 1 is 1.54 bits per heavy atom. The average molecular weight is 182 g/mol. The molecule has 0 aromatic carbocycles. The first-order valence-electron chi connectivity index (χ1n) is 4.46. The molecule has 1 aliphatic rings. The van der Waals surface area contributed by atoms with Crippen LogP contribution in [0.5, 0.6) is 0 Å². The van der Waals surface area contributed by atoms with Crippen molar-refractivity contribution in [1.82, 2.24) is 0 Å². The van der Waals surface area contributed by atoms with Crippen molar-refractivity contribution < 1.29 is 14.3 Å². The lowest BCUT2D eigenvalue weighted by atomic mass is 9.80. The van der Waals surface area contributed by atoms with Crippen LogP contribution in [0, 0.1) is 11.3 Å². The molecule has 0 aromatic heterocycles. The molecule has 0 spiro atoms. The number of hydrogen-bond donors (Lipinski definition) is 0. The molecule has 1 saturated heterocycles. The third kappa shape index (κ3) is 1.50. The molecular formula is C10H14O3. The van der Waals surface area contributed by atoms with Crippen LogP contribution < -0.4 is 0 Å². The standard InChI is InChI=1S/C10H14O3/c1-4-5-6-10(3)7(2)8(11)13-9(10)12/h5-7H,4H2,1-3H3. The number of allylic oxidation sites excluding steroid dienone is 1. The smallest absolute Gasteiger partial charge is 0.324 e. The number of esters is 2. The molecule has 0 saturated carbocycles. The van der Waals surface area contributed by atoms with Gasteiger partial charge in [-0.15, -0.1) is 0 Å². The lowest BCUT2D eigenvalue weighted by Crippen LogP contribution is -2.26. The Morgan fingerprint density at radius 2 is 2.15 bits per heavy atom. The molecule has 0 radical (unpaired) electrons. The normalized spacial score (nSPS) is 34.2. The van der Waals surface area contributed by atoms with Crippen molar-refractivity contribution in [3.8, 4) is 0 Å². The fourth-order valence-electron chi connectivity index (χ4n) is 1.29. The number of cyclic esters (lactones) is 2. The lowest BCUT2D eigenvalue weighted by Gasteiger charge is -2.17. The Balaban J connectivity index is 2.94. The summed E-state index contributed by atoms with van der Waals surface area (Å²) in [6.07, 6.45) is 4.51. The molecule has 0 bridgehead atoms. The Bertz CT molecular complexity index is 267. The van der Waals surface area contributed by atoms with E-state index in [0.717, 1.165) is 6.42 Å². The molecule has 1 heterocycles. The van der Waals surface area contributed by atoms with Crippen LogP contribution in [-0.2, 0) is 14.3 Å². The predicted octanol–water partition coefficient (Wildman–Crippen LogP) is 1.68. The summed E-state index contributed by atoms with van der Waals surface area (Å²) in [6.45, 7) is 5.43. The summed E-state index contributed by atoms with van der Waals surface area (Å²) in [5, 5.41) is 0. The van der Waals surface area contributed by atoms with E-state index in [0.29, 0.717) is 0 Å². The highest BCUT2D eigenvalue weighted by Gasteiger charge is 2.50. The summed E-state index contributed by atoms with van der Waals surface area (Å²) < 4.78 is 4.56. The van der Waals surface area contributed by atoms with E-state index < -0.39 is 17.4 Å². The lowest BCUT2D eigenvalue weighted by molar-refractivity contribution is -0.154. The summed E-state index contributed by atoms with van der Waals surface area (Å²) in [5.74, 6) is -1.23. The van der Waals surface area contributed by atoms with E-state index >= 15 is 0 Å². The van der Waals surface area contributed by atoms with Crippen molar-refractivity contribution in [2.75, 3.05) is 0 Å². The first-order valence-corrected chi connectivity index (χ1v) is 4.46. The van der Waals surface area contributed by atoms with Crippen LogP contribution in [0.2, 0.25) is 0 Å². The Morgan fingerprint density at radius 3 is 2.54 bits per heavy atom. The quantitative estimate of drug-likeness (QED) is 0.370. The van der Waals surface area contributed by atoms with Crippen LogP contribution in [0.4, 0.5) is 0 Å². The Kier molecular flexibility index (Phi) is 2.55. The maximum absolute atomic E-state index is 11.3. The second-order valence-corrected chi connectivity index (χ2v) is 3.52. The molecule has 3 heteroatoms. The van der Waals surface area contributed by atoms with Crippen LogP contribution in [0.25, 0.3) is 0 Å². The zero-order valence-electron chi connectivity index (χ0n) is 8.16. The van der Waals surface area contributed by atoms with Gasteiger partial charge in [0.05, 0.1) is 11.3 Å². The highest BCUT2D eigenvalue weighted by atomic mass is 16.6. The van der Waals surface area contributed by atoms with Gasteiger partial charge in [-0.1, -0.05) is 26.0 Å². The molecule has 72 valence electrons. The minimum absolute atomic E-state index is 0.372. The zero-order valence-corrected chi connectivity index (χ0v) is 8.16. The molecule has 0 amide bonds. The summed E-state index contributed by atoms with van der Waals surface area (Å²) in [4.78, 5) is 22.4. The molecule has 0 aliphatic carbocycles. The molecule has 1 aliphatic heterocycles. The summed E-state index contributed by atoms with van der Waals surface area (Å²) in [6, 6.07) is 0. The Labute approximate surface area is 77.8 Å². The van der Waals surface area contributed by atoms with Gasteiger partial charge in [-0.3, -0.25) is 9.59 Å². The molecule has 2 atom stereocenters. The van der Waals surface area contributed by atoms with Crippen LogP contribution >= 0.6 is 0 Å². The topological polar surface area (TPSA) is 43.4 Å². The van der Waals surface area contributed by atoms with Gasteiger partial charge in [0.25, 0.3) is 0 Å². The fourth-order valence-corrected chi connectivity index (χ4v) is 1.29. The highest BCUT2D eigenvalue weighted by molar-refractivity contribution is 5.99. The number of hydrogen-bond acceptors (Lipinski definition) is 3. The number of rotatable bonds is 2. The van der Waals surface area contributed by atoms with Crippen molar-refractivity contribution in [1.29, 1.82) is 0 Å². The molecule has 3 nitrogen and oxygen atoms in total. The number of carbonyl (C=O) groups is 2. The van der Waals surface area contributed by atoms with Crippen LogP contribution in [0.15, 0.2) is 12.2 Å². The Hall–Kier alpha value is -1.12. The van der Waals surface area contributed by atoms with Crippen molar-refractivity contribution in [2.24, 2.45) is 11.3 Å². The van der Waals surface area contributed by atoms with Crippen LogP contribution in [0.1, 0.15) is 27.2 Å². The third-order valence-corrected chi connectivity index (χ3v) is 2.59. The molecule has 2 unspecified atom stereocenters. The SMILES string of the molecule is CCC=CC1(C)C(=O)OC(=O)C1C. The van der Waals surface area contributed by atoms with Crippen molar-refractivity contribution in [3.63, 3.8) is 0 Å². The molecule has 1 rings (SSSR count). The number of ether oxygens (including phenoxy) is 1. The molecule has 0 N–H and O–H groups in total. The second-order valence-electron chi connectivity index (χ2n) is 3.52. The van der Waals surface area contributed by atoms with Gasteiger partial charge in [-0.2, -0.15) is 0 Å². The van der Waals surface area contributed by atoms with E-state index in [9.17, 15) is 9.59 Å². The predicted molar refractivity (Wildman–Crippen MR) is 47.8 cm³/mol.